The Hall–Kier alpha value is -1.50. The topological polar surface area (TPSA) is 9.23 Å². The van der Waals surface area contributed by atoms with Crippen LogP contribution in [0.1, 0.15) is 75.5 Å². The Morgan fingerprint density at radius 2 is 2.08 bits per heavy atom. The summed E-state index contributed by atoms with van der Waals surface area (Å²) in [5.41, 5.74) is 6.50. The van der Waals surface area contributed by atoms with Crippen molar-refractivity contribution in [2.24, 2.45) is 17.3 Å². The number of fused-ring (bicyclic) bond motifs is 5. The van der Waals surface area contributed by atoms with Gasteiger partial charge in [0.2, 0.25) is 0 Å². The monoisotopic (exact) mass is 336 g/mol. The Morgan fingerprint density at radius 1 is 1.24 bits per heavy atom. The van der Waals surface area contributed by atoms with Crippen molar-refractivity contribution < 1.29 is 4.74 Å². The predicted molar refractivity (Wildman–Crippen MR) is 106 cm³/mol. The highest BCUT2D eigenvalue weighted by Crippen LogP contribution is 2.62. The average molecular weight is 337 g/mol. The van der Waals surface area contributed by atoms with E-state index in [0.717, 1.165) is 35.7 Å². The maximum absolute atomic E-state index is 5.93. The fraction of sp³-hybridized carbons (Fsp3) is 0.583. The molecule has 0 bridgehead atoms. The van der Waals surface area contributed by atoms with Gasteiger partial charge in [-0.25, -0.2) is 0 Å². The minimum absolute atomic E-state index is 0.469. The summed E-state index contributed by atoms with van der Waals surface area (Å²) >= 11 is 0. The summed E-state index contributed by atoms with van der Waals surface area (Å²) in [6, 6.07) is 4.71. The van der Waals surface area contributed by atoms with Crippen molar-refractivity contribution in [3.8, 4) is 5.75 Å². The van der Waals surface area contributed by atoms with Gasteiger partial charge in [-0.1, -0.05) is 31.2 Å². The average Bonchev–Trinajstić information content (AvgIpc) is 2.97. The van der Waals surface area contributed by atoms with E-state index in [9.17, 15) is 0 Å². The highest BCUT2D eigenvalue weighted by molar-refractivity contribution is 5.60. The molecular weight excluding hydrogens is 304 g/mol. The van der Waals surface area contributed by atoms with Crippen LogP contribution >= 0.6 is 0 Å². The summed E-state index contributed by atoms with van der Waals surface area (Å²) in [5, 5.41) is 0. The second-order valence-electron chi connectivity index (χ2n) is 8.45. The molecule has 25 heavy (non-hydrogen) atoms. The lowest BCUT2D eigenvalue weighted by molar-refractivity contribution is 0.0812. The zero-order valence-corrected chi connectivity index (χ0v) is 16.1. The van der Waals surface area contributed by atoms with E-state index < -0.39 is 0 Å². The number of rotatable bonds is 3. The maximum Gasteiger partial charge on any atom is 0.126 e. The van der Waals surface area contributed by atoms with Gasteiger partial charge in [-0.3, -0.25) is 0 Å². The van der Waals surface area contributed by atoms with Gasteiger partial charge in [-0.15, -0.1) is 0 Å². The lowest BCUT2D eigenvalue weighted by Crippen LogP contribution is -2.40. The number of allylic oxidation sites excluding steroid dienone is 2. The first kappa shape index (κ1) is 16.9. The highest BCUT2D eigenvalue weighted by atomic mass is 16.5. The fourth-order valence-electron chi connectivity index (χ4n) is 6.38. The molecule has 0 N–H and O–H groups in total. The van der Waals surface area contributed by atoms with E-state index in [2.05, 4.69) is 45.6 Å². The van der Waals surface area contributed by atoms with Crippen LogP contribution in [0, 0.1) is 17.3 Å². The van der Waals surface area contributed by atoms with Crippen molar-refractivity contribution in [2.75, 3.05) is 6.61 Å². The molecule has 0 aromatic heterocycles. The second-order valence-corrected chi connectivity index (χ2v) is 8.45. The second kappa shape index (κ2) is 6.34. The molecule has 2 saturated carbocycles. The van der Waals surface area contributed by atoms with Crippen molar-refractivity contribution in [3.63, 3.8) is 0 Å². The van der Waals surface area contributed by atoms with Crippen LogP contribution in [0.15, 0.2) is 30.4 Å². The van der Waals surface area contributed by atoms with E-state index in [0.29, 0.717) is 5.41 Å². The molecule has 0 amide bonds. The van der Waals surface area contributed by atoms with Gasteiger partial charge in [-0.2, -0.15) is 0 Å². The van der Waals surface area contributed by atoms with Crippen LogP contribution in [0.3, 0.4) is 0 Å². The molecule has 0 saturated heterocycles. The van der Waals surface area contributed by atoms with Crippen LogP contribution in [-0.2, 0) is 6.42 Å². The molecule has 3 aliphatic carbocycles. The summed E-state index contributed by atoms with van der Waals surface area (Å²) in [6.07, 6.45) is 12.4. The summed E-state index contributed by atoms with van der Waals surface area (Å²) < 4.78 is 5.93. The molecule has 134 valence electrons. The molecule has 0 radical (unpaired) electrons. The molecule has 4 atom stereocenters. The zero-order valence-electron chi connectivity index (χ0n) is 16.1. The molecule has 2 fully saturated rings. The number of benzene rings is 1. The Bertz CT molecular complexity index is 713. The van der Waals surface area contributed by atoms with E-state index in [1.165, 1.54) is 38.5 Å². The third-order valence-electron chi connectivity index (χ3n) is 7.57. The Labute approximate surface area is 153 Å². The van der Waals surface area contributed by atoms with E-state index in [1.54, 1.807) is 16.7 Å². The van der Waals surface area contributed by atoms with Crippen molar-refractivity contribution in [3.05, 3.63) is 47.1 Å². The standard InChI is InChI=1S/C24H32O/c1-5-16-14-17-8-10-20-19(21(17)15-23(16)25-7-3)12-13-24(4)18(6-2)9-11-22(20)24/h5-6,14-15,19-20,22H,1,7-13H2,2-4H3/b18-6-/t19?,20?,22?,24-/m1/s1. The van der Waals surface area contributed by atoms with E-state index in [1.807, 2.05) is 6.08 Å². The van der Waals surface area contributed by atoms with Gasteiger partial charge in [0.05, 0.1) is 6.61 Å². The van der Waals surface area contributed by atoms with Crippen molar-refractivity contribution in [1.29, 1.82) is 0 Å². The van der Waals surface area contributed by atoms with Crippen molar-refractivity contribution >= 4 is 6.08 Å². The van der Waals surface area contributed by atoms with E-state index >= 15 is 0 Å². The van der Waals surface area contributed by atoms with Crippen LogP contribution < -0.4 is 4.74 Å². The predicted octanol–water partition coefficient (Wildman–Crippen LogP) is 6.53. The fourth-order valence-corrected chi connectivity index (χ4v) is 6.38. The molecule has 0 spiro atoms. The number of hydrogen-bond donors (Lipinski definition) is 0. The molecule has 3 unspecified atom stereocenters. The quantitative estimate of drug-likeness (QED) is 0.570. The third-order valence-corrected chi connectivity index (χ3v) is 7.57. The van der Waals surface area contributed by atoms with Crippen molar-refractivity contribution in [2.45, 2.75) is 65.2 Å². The summed E-state index contributed by atoms with van der Waals surface area (Å²) in [7, 11) is 0. The van der Waals surface area contributed by atoms with Crippen LogP contribution in [-0.4, -0.2) is 6.61 Å². The molecule has 1 aromatic carbocycles. The first-order valence-corrected chi connectivity index (χ1v) is 10.2. The minimum atomic E-state index is 0.469. The molecule has 3 aliphatic rings. The van der Waals surface area contributed by atoms with Crippen LogP contribution in [0.5, 0.6) is 5.75 Å². The van der Waals surface area contributed by atoms with Gasteiger partial charge >= 0.3 is 0 Å². The first-order valence-electron chi connectivity index (χ1n) is 10.2. The largest absolute Gasteiger partial charge is 0.493 e. The van der Waals surface area contributed by atoms with E-state index in [4.69, 9.17) is 4.74 Å². The van der Waals surface area contributed by atoms with E-state index in [-0.39, 0.29) is 0 Å². The molecule has 1 aromatic rings. The minimum Gasteiger partial charge on any atom is -0.493 e. The lowest BCUT2D eigenvalue weighted by atomic mass is 9.55. The Morgan fingerprint density at radius 3 is 2.80 bits per heavy atom. The molecule has 1 nitrogen and oxygen atoms in total. The zero-order chi connectivity index (χ0) is 17.6. The summed E-state index contributed by atoms with van der Waals surface area (Å²) in [6.45, 7) is 11.6. The lowest BCUT2D eigenvalue weighted by Gasteiger charge is -2.49. The molecule has 0 aliphatic heterocycles. The maximum atomic E-state index is 5.93. The smallest absolute Gasteiger partial charge is 0.126 e. The third kappa shape index (κ3) is 2.50. The van der Waals surface area contributed by atoms with Gasteiger partial charge in [0, 0.05) is 5.56 Å². The highest BCUT2D eigenvalue weighted by Gasteiger charge is 2.52. The van der Waals surface area contributed by atoms with Gasteiger partial charge in [-0.05, 0) is 98.8 Å². The van der Waals surface area contributed by atoms with Gasteiger partial charge < -0.3 is 4.74 Å². The molecule has 4 rings (SSSR count). The Balaban J connectivity index is 1.72. The molecule has 0 heterocycles. The molecular formula is C24H32O. The van der Waals surface area contributed by atoms with Gasteiger partial charge in [0.15, 0.2) is 0 Å². The van der Waals surface area contributed by atoms with Crippen LogP contribution in [0.4, 0.5) is 0 Å². The number of hydrogen-bond acceptors (Lipinski definition) is 1. The number of ether oxygens (including phenoxy) is 1. The molecule has 1 heteroatoms. The first-order chi connectivity index (χ1) is 12.1. The summed E-state index contributed by atoms with van der Waals surface area (Å²) in [4.78, 5) is 0. The number of aryl methyl sites for hydroxylation is 1. The Kier molecular flexibility index (Phi) is 4.30. The van der Waals surface area contributed by atoms with Gasteiger partial charge in [0.25, 0.3) is 0 Å². The van der Waals surface area contributed by atoms with Crippen molar-refractivity contribution in [1.82, 2.24) is 0 Å². The van der Waals surface area contributed by atoms with Crippen LogP contribution in [0.25, 0.3) is 6.08 Å². The van der Waals surface area contributed by atoms with Gasteiger partial charge in [0.1, 0.15) is 5.75 Å². The van der Waals surface area contributed by atoms with Crippen LogP contribution in [0.2, 0.25) is 0 Å². The normalized spacial score (nSPS) is 35.0. The summed E-state index contributed by atoms with van der Waals surface area (Å²) in [5.74, 6) is 3.50. The SMILES string of the molecule is C=Cc1cc2c(cc1OCC)C1CC[C@]3(C)/C(=C\C)CCC3C1CC2.